The highest BCUT2D eigenvalue weighted by molar-refractivity contribution is 7.90. The molecule has 0 unspecified atom stereocenters. The molecule has 1 saturated heterocycles. The number of sulfone groups is 1. The van der Waals surface area contributed by atoms with E-state index in [0.717, 1.165) is 16.0 Å². The Balaban J connectivity index is 1.67. The fraction of sp³-hybridized carbons (Fsp3) is 0.364. The van der Waals surface area contributed by atoms with Gasteiger partial charge in [0.2, 0.25) is 11.7 Å². The summed E-state index contributed by atoms with van der Waals surface area (Å²) in [6, 6.07) is 12.2. The molecule has 0 bridgehead atoms. The highest BCUT2D eigenvalue weighted by Gasteiger charge is 2.36. The van der Waals surface area contributed by atoms with Crippen molar-refractivity contribution in [1.29, 1.82) is 0 Å². The number of tetrazole rings is 1. The number of carbonyl (C=O) groups is 1. The number of carbonyl (C=O) groups excluding carboxylic acids is 1. The molecule has 33 heavy (non-hydrogen) atoms. The Morgan fingerprint density at radius 1 is 1.15 bits per heavy atom. The number of rotatable bonds is 7. The Labute approximate surface area is 191 Å². The van der Waals surface area contributed by atoms with Gasteiger partial charge in [-0.25, -0.2) is 17.5 Å². The molecule has 1 atom stereocenters. The molecule has 1 aromatic heterocycles. The summed E-state index contributed by atoms with van der Waals surface area (Å²) < 4.78 is 41.0. The summed E-state index contributed by atoms with van der Waals surface area (Å²) in [4.78, 5) is 12.8. The molecule has 174 valence electrons. The molecule has 1 amide bonds. The van der Waals surface area contributed by atoms with Gasteiger partial charge in [0.25, 0.3) is 0 Å². The third kappa shape index (κ3) is 5.09. The summed E-state index contributed by atoms with van der Waals surface area (Å²) >= 11 is 0. The van der Waals surface area contributed by atoms with Crippen LogP contribution >= 0.6 is 0 Å². The van der Waals surface area contributed by atoms with Crippen molar-refractivity contribution >= 4 is 15.7 Å². The van der Waals surface area contributed by atoms with E-state index in [-0.39, 0.29) is 22.5 Å². The minimum atomic E-state index is -3.71. The Hall–Kier alpha value is -3.18. The minimum absolute atomic E-state index is 0.183. The Morgan fingerprint density at radius 2 is 1.79 bits per heavy atom. The van der Waals surface area contributed by atoms with Crippen molar-refractivity contribution < 1.29 is 22.5 Å². The zero-order valence-corrected chi connectivity index (χ0v) is 19.0. The number of quaternary nitrogens is 1. The second-order valence-electron chi connectivity index (χ2n) is 8.41. The predicted molar refractivity (Wildman–Crippen MR) is 117 cm³/mol. The molecule has 0 saturated carbocycles. The van der Waals surface area contributed by atoms with E-state index in [1.807, 2.05) is 6.92 Å². The molecule has 0 aliphatic carbocycles. The Morgan fingerprint density at radius 3 is 2.39 bits per heavy atom. The number of primary amides is 1. The first-order valence-electron chi connectivity index (χ1n) is 10.7. The van der Waals surface area contributed by atoms with Gasteiger partial charge in [0, 0.05) is 24.3 Å². The molecular weight excluding hydrogens is 447 g/mol. The summed E-state index contributed by atoms with van der Waals surface area (Å²) in [5.41, 5.74) is 7.19. The van der Waals surface area contributed by atoms with Crippen LogP contribution in [0, 0.1) is 18.7 Å². The fourth-order valence-corrected chi connectivity index (χ4v) is 5.48. The van der Waals surface area contributed by atoms with Crippen LogP contribution in [0.15, 0.2) is 53.4 Å². The first-order valence-corrected chi connectivity index (χ1v) is 12.3. The van der Waals surface area contributed by atoms with Gasteiger partial charge in [-0.05, 0) is 53.7 Å². The van der Waals surface area contributed by atoms with Crippen molar-refractivity contribution in [3.63, 3.8) is 0 Å². The number of aromatic nitrogens is 4. The van der Waals surface area contributed by atoms with E-state index >= 15 is 0 Å². The van der Waals surface area contributed by atoms with Gasteiger partial charge in [-0.3, -0.25) is 4.79 Å². The molecule has 1 aliphatic rings. The zero-order chi connectivity index (χ0) is 23.6. The Bertz CT molecular complexity index is 1220. The second kappa shape index (κ2) is 9.36. The number of nitrogens with one attached hydrogen (secondary N) is 1. The number of hydrogen-bond donors (Lipinski definition) is 2. The van der Waals surface area contributed by atoms with E-state index in [1.165, 1.54) is 16.8 Å². The van der Waals surface area contributed by atoms with Gasteiger partial charge >= 0.3 is 0 Å². The maximum Gasteiger partial charge on any atom is 0.220 e. The summed E-state index contributed by atoms with van der Waals surface area (Å²) in [5.74, 6) is -0.943. The van der Waals surface area contributed by atoms with Gasteiger partial charge in [0.15, 0.2) is 21.8 Å². The van der Waals surface area contributed by atoms with Crippen LogP contribution < -0.4 is 10.6 Å². The molecule has 1 fully saturated rings. The number of piperidine rings is 1. The van der Waals surface area contributed by atoms with Crippen molar-refractivity contribution in [2.45, 2.75) is 36.6 Å². The van der Waals surface area contributed by atoms with E-state index in [9.17, 15) is 17.6 Å². The number of benzene rings is 2. The summed E-state index contributed by atoms with van der Waals surface area (Å²) in [6.45, 7) is 3.12. The van der Waals surface area contributed by atoms with Crippen molar-refractivity contribution in [1.82, 2.24) is 20.2 Å². The summed E-state index contributed by atoms with van der Waals surface area (Å²) in [6.07, 6.45) is 1.21. The lowest BCUT2D eigenvalue weighted by Gasteiger charge is -2.33. The van der Waals surface area contributed by atoms with Gasteiger partial charge < -0.3 is 10.6 Å². The van der Waals surface area contributed by atoms with Gasteiger partial charge in [-0.2, -0.15) is 0 Å². The second-order valence-corrected chi connectivity index (χ2v) is 10.4. The van der Waals surface area contributed by atoms with E-state index in [4.69, 9.17) is 5.73 Å². The van der Waals surface area contributed by atoms with E-state index in [2.05, 4.69) is 15.5 Å². The van der Waals surface area contributed by atoms with Gasteiger partial charge in [0.1, 0.15) is 5.82 Å². The van der Waals surface area contributed by atoms with Crippen LogP contribution in [0.2, 0.25) is 0 Å². The van der Waals surface area contributed by atoms with Crippen LogP contribution in [0.25, 0.3) is 0 Å². The molecular formula is C22H26FN6O3S+. The molecule has 9 nitrogen and oxygen atoms in total. The van der Waals surface area contributed by atoms with Crippen molar-refractivity contribution in [3.8, 4) is 0 Å². The van der Waals surface area contributed by atoms with E-state index in [1.54, 1.807) is 36.4 Å². The van der Waals surface area contributed by atoms with E-state index < -0.39 is 21.8 Å². The highest BCUT2D eigenvalue weighted by atomic mass is 32.2. The lowest BCUT2D eigenvalue weighted by Crippen LogP contribution is -3.13. The third-order valence-corrected chi connectivity index (χ3v) is 7.71. The minimum Gasteiger partial charge on any atom is -0.369 e. The third-order valence-electron chi connectivity index (χ3n) is 6.13. The topological polar surface area (TPSA) is 125 Å². The standard InChI is InChI=1S/C22H25FN6O3S/c1-15-2-8-19(9-3-15)33(31,32)14-29-22(25-26-27-29)20(16-4-6-18(23)7-5-16)28-12-10-17(11-13-28)21(24)30/h2-9,17,20H,10-14H2,1H3,(H2,24,30)/p+1/t20-/m0/s1. The monoisotopic (exact) mass is 473 g/mol. The number of aryl methyl sites for hydroxylation is 1. The number of nitrogens with zero attached hydrogens (tertiary/aromatic N) is 4. The number of halogens is 1. The average molecular weight is 474 g/mol. The quantitative estimate of drug-likeness (QED) is 0.512. The molecule has 0 radical (unpaired) electrons. The molecule has 3 aromatic rings. The van der Waals surface area contributed by atoms with Crippen molar-refractivity contribution in [3.05, 3.63) is 71.3 Å². The largest absolute Gasteiger partial charge is 0.369 e. The van der Waals surface area contributed by atoms with Gasteiger partial charge in [-0.1, -0.05) is 17.7 Å². The lowest BCUT2D eigenvalue weighted by molar-refractivity contribution is -0.931. The zero-order valence-electron chi connectivity index (χ0n) is 18.2. The number of likely N-dealkylation sites (tertiary alicyclic amines) is 1. The number of hydrogen-bond acceptors (Lipinski definition) is 6. The predicted octanol–water partition coefficient (Wildman–Crippen LogP) is 0.422. The smallest absolute Gasteiger partial charge is 0.220 e. The SMILES string of the molecule is Cc1ccc(S(=O)(=O)Cn2nnnc2[C@H](c2ccc(F)cc2)[NH+]2CCC(C(N)=O)CC2)cc1. The molecule has 3 N–H and O–H groups in total. The first kappa shape index (κ1) is 23.0. The fourth-order valence-electron chi connectivity index (χ4n) is 4.28. The van der Waals surface area contributed by atoms with Crippen LogP contribution in [-0.2, 0) is 20.5 Å². The first-order chi connectivity index (χ1) is 15.7. The van der Waals surface area contributed by atoms with Crippen LogP contribution in [0.4, 0.5) is 4.39 Å². The van der Waals surface area contributed by atoms with Gasteiger partial charge in [-0.15, -0.1) is 5.10 Å². The number of nitrogens with two attached hydrogens (primary N) is 1. The van der Waals surface area contributed by atoms with Gasteiger partial charge in [0.05, 0.1) is 18.0 Å². The highest BCUT2D eigenvalue weighted by Crippen LogP contribution is 2.22. The van der Waals surface area contributed by atoms with Crippen LogP contribution in [0.1, 0.15) is 35.8 Å². The summed E-state index contributed by atoms with van der Waals surface area (Å²) in [5, 5.41) is 11.9. The lowest BCUT2D eigenvalue weighted by atomic mass is 9.93. The molecule has 1 aliphatic heterocycles. The average Bonchev–Trinajstić information content (AvgIpc) is 3.23. The molecule has 2 aromatic carbocycles. The molecule has 2 heterocycles. The van der Waals surface area contributed by atoms with Crippen molar-refractivity contribution in [2.24, 2.45) is 11.7 Å². The molecule has 11 heteroatoms. The number of amides is 1. The van der Waals surface area contributed by atoms with Crippen molar-refractivity contribution in [2.75, 3.05) is 13.1 Å². The normalized spacial score (nSPS) is 19.8. The van der Waals surface area contributed by atoms with Crippen LogP contribution in [-0.4, -0.2) is 47.6 Å². The van der Waals surface area contributed by atoms with Crippen LogP contribution in [0.3, 0.4) is 0 Å². The van der Waals surface area contributed by atoms with E-state index in [0.29, 0.717) is 31.8 Å². The molecule has 0 spiro atoms. The summed E-state index contributed by atoms with van der Waals surface area (Å²) in [7, 11) is -3.71. The molecule has 4 rings (SSSR count). The maximum atomic E-state index is 13.6. The Kier molecular flexibility index (Phi) is 6.52. The maximum absolute atomic E-state index is 13.6. The van der Waals surface area contributed by atoms with Crippen LogP contribution in [0.5, 0.6) is 0 Å².